The van der Waals surface area contributed by atoms with E-state index in [0.29, 0.717) is 25.1 Å². The summed E-state index contributed by atoms with van der Waals surface area (Å²) >= 11 is 0. The smallest absolute Gasteiger partial charge is 0.243 e. The Balaban J connectivity index is 1.32. The number of anilines is 1. The van der Waals surface area contributed by atoms with Gasteiger partial charge in [-0.05, 0) is 53.8 Å². The Morgan fingerprint density at radius 2 is 1.72 bits per heavy atom. The first kappa shape index (κ1) is 23.0. The Kier molecular flexibility index (Phi) is 7.59. The summed E-state index contributed by atoms with van der Waals surface area (Å²) in [5.41, 5.74) is 2.82. The van der Waals surface area contributed by atoms with Crippen LogP contribution in [0.1, 0.15) is 39.2 Å². The molecule has 2 amide bonds. The third-order valence-corrected chi connectivity index (χ3v) is 4.82. The summed E-state index contributed by atoms with van der Waals surface area (Å²) in [5, 5.41) is 9.43. The van der Waals surface area contributed by atoms with Crippen LogP contribution >= 0.6 is 0 Å². The van der Waals surface area contributed by atoms with E-state index in [0.717, 1.165) is 11.4 Å². The van der Waals surface area contributed by atoms with Crippen molar-refractivity contribution < 1.29 is 14.3 Å². The predicted molar refractivity (Wildman–Crippen MR) is 123 cm³/mol. The van der Waals surface area contributed by atoms with Gasteiger partial charge in [0, 0.05) is 12.1 Å². The summed E-state index contributed by atoms with van der Waals surface area (Å²) < 4.78 is 7.32. The summed E-state index contributed by atoms with van der Waals surface area (Å²) in [4.78, 5) is 27.9. The Bertz CT molecular complexity index is 1010. The molecule has 2 aromatic carbocycles. The summed E-state index contributed by atoms with van der Waals surface area (Å²) in [6.45, 7) is 6.85. The van der Waals surface area contributed by atoms with Gasteiger partial charge in [0.05, 0.1) is 18.8 Å². The average molecular weight is 436 g/mol. The second-order valence-electron chi connectivity index (χ2n) is 8.44. The van der Waals surface area contributed by atoms with Crippen LogP contribution in [0.15, 0.2) is 61.2 Å². The highest BCUT2D eigenvalue weighted by atomic mass is 16.5. The van der Waals surface area contributed by atoms with Crippen molar-refractivity contribution in [2.75, 3.05) is 18.5 Å². The summed E-state index contributed by atoms with van der Waals surface area (Å²) in [6.07, 6.45) is 3.91. The van der Waals surface area contributed by atoms with E-state index in [1.54, 1.807) is 23.1 Å². The molecule has 1 aromatic heterocycles. The van der Waals surface area contributed by atoms with E-state index in [-0.39, 0.29) is 23.8 Å². The number of nitrogens with one attached hydrogen (secondary N) is 2. The number of amides is 2. The van der Waals surface area contributed by atoms with Gasteiger partial charge in [0.2, 0.25) is 11.8 Å². The molecule has 3 rings (SSSR count). The first-order valence-corrected chi connectivity index (χ1v) is 10.6. The lowest BCUT2D eigenvalue weighted by Gasteiger charge is -2.19. The van der Waals surface area contributed by atoms with E-state index in [4.69, 9.17) is 4.74 Å². The molecule has 0 radical (unpaired) electrons. The van der Waals surface area contributed by atoms with Crippen molar-refractivity contribution in [3.63, 3.8) is 0 Å². The number of carbonyl (C=O) groups is 2. The Morgan fingerprint density at radius 1 is 1.00 bits per heavy atom. The molecule has 0 bridgehead atoms. The van der Waals surface area contributed by atoms with Crippen molar-refractivity contribution in [2.45, 2.75) is 39.0 Å². The lowest BCUT2D eigenvalue weighted by molar-refractivity contribution is -0.124. The number of hydrogen-bond acceptors (Lipinski definition) is 5. The quantitative estimate of drug-likeness (QED) is 0.502. The van der Waals surface area contributed by atoms with Gasteiger partial charge >= 0.3 is 0 Å². The molecule has 0 unspecified atom stereocenters. The largest absolute Gasteiger partial charge is 0.494 e. The van der Waals surface area contributed by atoms with Crippen LogP contribution in [0.2, 0.25) is 0 Å². The van der Waals surface area contributed by atoms with Crippen molar-refractivity contribution >= 4 is 17.5 Å². The van der Waals surface area contributed by atoms with Crippen LogP contribution in [0.4, 0.5) is 5.69 Å². The van der Waals surface area contributed by atoms with E-state index in [9.17, 15) is 9.59 Å². The van der Waals surface area contributed by atoms with Gasteiger partial charge in [-0.2, -0.15) is 5.10 Å². The summed E-state index contributed by atoms with van der Waals surface area (Å²) in [7, 11) is 0. The first-order valence-electron chi connectivity index (χ1n) is 10.6. The van der Waals surface area contributed by atoms with Gasteiger partial charge < -0.3 is 15.4 Å². The molecule has 0 aliphatic rings. The fraction of sp³-hybridized carbons (Fsp3) is 0.333. The van der Waals surface area contributed by atoms with Crippen LogP contribution in [0.5, 0.6) is 5.75 Å². The van der Waals surface area contributed by atoms with Crippen LogP contribution in [0, 0.1) is 0 Å². The lowest BCUT2D eigenvalue weighted by Crippen LogP contribution is -2.32. The number of benzene rings is 2. The van der Waals surface area contributed by atoms with Crippen molar-refractivity contribution in [1.29, 1.82) is 0 Å². The van der Waals surface area contributed by atoms with Crippen LogP contribution < -0.4 is 15.4 Å². The van der Waals surface area contributed by atoms with E-state index in [2.05, 4.69) is 53.6 Å². The van der Waals surface area contributed by atoms with Crippen molar-refractivity contribution in [3.05, 3.63) is 66.7 Å². The van der Waals surface area contributed by atoms with Crippen LogP contribution in [0.3, 0.4) is 0 Å². The molecule has 8 nitrogen and oxygen atoms in total. The molecule has 0 saturated heterocycles. The maximum Gasteiger partial charge on any atom is 0.243 e. The van der Waals surface area contributed by atoms with Gasteiger partial charge in [-0.15, -0.1) is 0 Å². The molecule has 0 saturated carbocycles. The van der Waals surface area contributed by atoms with Gasteiger partial charge in [0.1, 0.15) is 18.4 Å². The number of hydrogen-bond donors (Lipinski definition) is 2. The molecule has 0 atom stereocenters. The molecule has 32 heavy (non-hydrogen) atoms. The van der Waals surface area contributed by atoms with E-state index < -0.39 is 0 Å². The minimum atomic E-state index is -0.290. The van der Waals surface area contributed by atoms with E-state index >= 15 is 0 Å². The van der Waals surface area contributed by atoms with Crippen molar-refractivity contribution in [1.82, 2.24) is 20.1 Å². The number of ether oxygens (including phenoxy) is 1. The zero-order valence-electron chi connectivity index (χ0n) is 18.7. The van der Waals surface area contributed by atoms with Crippen LogP contribution in [-0.4, -0.2) is 39.7 Å². The zero-order valence-corrected chi connectivity index (χ0v) is 18.7. The molecule has 3 aromatic rings. The molecule has 1 heterocycles. The highest BCUT2D eigenvalue weighted by Crippen LogP contribution is 2.24. The molecule has 0 fully saturated rings. The Labute approximate surface area is 188 Å². The number of rotatable bonds is 9. The molecular weight excluding hydrogens is 406 g/mol. The normalized spacial score (nSPS) is 11.1. The average Bonchev–Trinajstić information content (AvgIpc) is 3.30. The molecule has 168 valence electrons. The Hall–Kier alpha value is -3.68. The number of nitrogens with zero attached hydrogens (tertiary/aromatic N) is 3. The van der Waals surface area contributed by atoms with Gasteiger partial charge in [-0.3, -0.25) is 9.59 Å². The highest BCUT2D eigenvalue weighted by molar-refractivity contribution is 5.94. The first-order chi connectivity index (χ1) is 15.3. The maximum atomic E-state index is 12.1. The number of aromatic nitrogens is 3. The molecule has 8 heteroatoms. The predicted octanol–water partition coefficient (Wildman–Crippen LogP) is 3.48. The molecule has 0 aliphatic carbocycles. The zero-order chi connectivity index (χ0) is 23.0. The minimum Gasteiger partial charge on any atom is -0.494 e. The summed E-state index contributed by atoms with van der Waals surface area (Å²) in [5.74, 6) is 0.308. The van der Waals surface area contributed by atoms with Crippen LogP contribution in [0.25, 0.3) is 5.69 Å². The second-order valence-corrected chi connectivity index (χ2v) is 8.44. The summed E-state index contributed by atoms with van der Waals surface area (Å²) in [6, 6.07) is 15.2. The van der Waals surface area contributed by atoms with E-state index in [1.165, 1.54) is 11.9 Å². The van der Waals surface area contributed by atoms with Crippen LogP contribution in [-0.2, 0) is 15.0 Å². The van der Waals surface area contributed by atoms with Gasteiger partial charge in [0.15, 0.2) is 0 Å². The molecular formula is C24H29N5O3. The van der Waals surface area contributed by atoms with Gasteiger partial charge in [0.25, 0.3) is 0 Å². The number of carbonyl (C=O) groups excluding carboxylic acids is 2. The molecule has 2 N–H and O–H groups in total. The molecule has 0 aliphatic heterocycles. The third kappa shape index (κ3) is 6.94. The highest BCUT2D eigenvalue weighted by Gasteiger charge is 2.13. The fourth-order valence-electron chi connectivity index (χ4n) is 2.99. The monoisotopic (exact) mass is 435 g/mol. The maximum absolute atomic E-state index is 12.1. The SMILES string of the molecule is CC(C)(C)c1ccc(OCCCC(=O)NCC(=O)Nc2ccc(-n3cncn3)cc2)cc1. The topological polar surface area (TPSA) is 98.1 Å². The second kappa shape index (κ2) is 10.6. The fourth-order valence-corrected chi connectivity index (χ4v) is 2.99. The lowest BCUT2D eigenvalue weighted by atomic mass is 9.87. The van der Waals surface area contributed by atoms with Crippen molar-refractivity contribution in [3.8, 4) is 11.4 Å². The molecule has 0 spiro atoms. The van der Waals surface area contributed by atoms with Gasteiger partial charge in [-0.25, -0.2) is 9.67 Å². The van der Waals surface area contributed by atoms with E-state index in [1.807, 2.05) is 24.3 Å². The Morgan fingerprint density at radius 3 is 2.34 bits per heavy atom. The third-order valence-electron chi connectivity index (χ3n) is 4.82. The minimum absolute atomic E-state index is 0.0845. The standard InChI is InChI=1S/C24H29N5O3/c1-24(2,3)18-6-12-21(13-7-18)32-14-4-5-22(30)26-15-23(31)28-19-8-10-20(11-9-19)29-17-25-16-27-29/h6-13,16-17H,4-5,14-15H2,1-3H3,(H,26,30)(H,28,31). The van der Waals surface area contributed by atoms with Crippen molar-refractivity contribution in [2.24, 2.45) is 0 Å². The van der Waals surface area contributed by atoms with Gasteiger partial charge in [-0.1, -0.05) is 32.9 Å².